The molecule has 104 valence electrons. The van der Waals surface area contributed by atoms with Gasteiger partial charge in [-0.1, -0.05) is 73.3 Å². The maximum atomic E-state index is 6.24. The van der Waals surface area contributed by atoms with Crippen LogP contribution in [0.2, 0.25) is 0 Å². The summed E-state index contributed by atoms with van der Waals surface area (Å²) in [6.07, 6.45) is 25.6. The first-order valence-corrected chi connectivity index (χ1v) is 7.55. The van der Waals surface area contributed by atoms with Crippen molar-refractivity contribution in [2.24, 2.45) is 17.1 Å². The van der Waals surface area contributed by atoms with E-state index in [0.29, 0.717) is 5.92 Å². The van der Waals surface area contributed by atoms with Gasteiger partial charge in [-0.15, -0.1) is 0 Å². The molecule has 0 fully saturated rings. The molecule has 3 aliphatic carbocycles. The number of hydrogen-bond acceptors (Lipinski definition) is 1. The molecule has 2 N–H and O–H groups in total. The molecule has 0 heterocycles. The summed E-state index contributed by atoms with van der Waals surface area (Å²) in [7, 11) is 0. The van der Waals surface area contributed by atoms with Gasteiger partial charge in [-0.25, -0.2) is 0 Å². The van der Waals surface area contributed by atoms with E-state index in [2.05, 4.69) is 67.7 Å². The molecule has 0 bridgehead atoms. The third-order valence-electron chi connectivity index (χ3n) is 4.66. The fraction of sp³-hybridized carbons (Fsp3) is 0.368. The van der Waals surface area contributed by atoms with Crippen molar-refractivity contribution in [1.29, 1.82) is 0 Å². The van der Waals surface area contributed by atoms with E-state index in [1.807, 2.05) is 0 Å². The molecule has 20 heavy (non-hydrogen) atoms. The second kappa shape index (κ2) is 5.41. The molecule has 3 rings (SSSR count). The topological polar surface area (TPSA) is 26.0 Å². The maximum absolute atomic E-state index is 6.24. The Bertz CT molecular complexity index is 556. The minimum Gasteiger partial charge on any atom is -0.324 e. The van der Waals surface area contributed by atoms with Crippen LogP contribution in [0.4, 0.5) is 0 Å². The van der Waals surface area contributed by atoms with Crippen molar-refractivity contribution in [3.8, 4) is 0 Å². The summed E-state index contributed by atoms with van der Waals surface area (Å²) >= 11 is 0. The lowest BCUT2D eigenvalue weighted by Crippen LogP contribution is -2.30. The predicted octanol–water partition coefficient (Wildman–Crippen LogP) is 4.22. The Labute approximate surface area is 121 Å². The highest BCUT2D eigenvalue weighted by molar-refractivity contribution is 5.41. The highest BCUT2D eigenvalue weighted by Crippen LogP contribution is 2.40. The summed E-state index contributed by atoms with van der Waals surface area (Å²) in [4.78, 5) is 0. The summed E-state index contributed by atoms with van der Waals surface area (Å²) < 4.78 is 0. The molecule has 0 aromatic carbocycles. The zero-order chi connectivity index (χ0) is 14.0. The molecular weight excluding hydrogens is 242 g/mol. The van der Waals surface area contributed by atoms with E-state index in [1.165, 1.54) is 11.1 Å². The maximum Gasteiger partial charge on any atom is 0.0328 e. The number of hydrogen-bond donors (Lipinski definition) is 1. The second-order valence-electron chi connectivity index (χ2n) is 6.20. The summed E-state index contributed by atoms with van der Waals surface area (Å²) in [5, 5.41) is 0. The quantitative estimate of drug-likeness (QED) is 0.794. The number of rotatable bonds is 2. The molecule has 3 aliphatic rings. The summed E-state index contributed by atoms with van der Waals surface area (Å²) in [5.74, 6) is 0.371. The lowest BCUT2D eigenvalue weighted by atomic mass is 9.72. The normalized spacial score (nSPS) is 35.9. The van der Waals surface area contributed by atoms with E-state index in [0.717, 1.165) is 19.3 Å². The minimum absolute atomic E-state index is 0.125. The van der Waals surface area contributed by atoms with Gasteiger partial charge in [0.2, 0.25) is 0 Å². The van der Waals surface area contributed by atoms with Crippen LogP contribution in [0.5, 0.6) is 0 Å². The molecule has 3 unspecified atom stereocenters. The minimum atomic E-state index is 0.125. The van der Waals surface area contributed by atoms with Gasteiger partial charge in [0.1, 0.15) is 0 Å². The van der Waals surface area contributed by atoms with Crippen LogP contribution in [0.3, 0.4) is 0 Å². The standard InChI is InChI=1S/C19H23N/c1-19(12-5-2-6-13-19)16-9-7-8-15(14-16)17-10-3-4-11-18(17)20/h2-6,9-12,14,17-18H,7-8,13,20H2,1H3. The highest BCUT2D eigenvalue weighted by atomic mass is 14.6. The Hall–Kier alpha value is -1.60. The zero-order valence-corrected chi connectivity index (χ0v) is 12.1. The van der Waals surface area contributed by atoms with Crippen molar-refractivity contribution in [2.45, 2.75) is 32.2 Å². The number of nitrogens with two attached hydrogens (primary N) is 1. The Morgan fingerprint density at radius 3 is 2.75 bits per heavy atom. The summed E-state index contributed by atoms with van der Waals surface area (Å²) in [6.45, 7) is 2.33. The van der Waals surface area contributed by atoms with Crippen molar-refractivity contribution >= 4 is 0 Å². The van der Waals surface area contributed by atoms with Gasteiger partial charge in [0.25, 0.3) is 0 Å². The van der Waals surface area contributed by atoms with Crippen molar-refractivity contribution in [2.75, 3.05) is 0 Å². The molecule has 1 heteroatoms. The molecule has 0 amide bonds. The van der Waals surface area contributed by atoms with Crippen LogP contribution in [-0.4, -0.2) is 6.04 Å². The van der Waals surface area contributed by atoms with E-state index >= 15 is 0 Å². The zero-order valence-electron chi connectivity index (χ0n) is 12.1. The van der Waals surface area contributed by atoms with Crippen LogP contribution < -0.4 is 5.73 Å². The molecule has 0 aliphatic heterocycles. The van der Waals surface area contributed by atoms with Crippen molar-refractivity contribution in [3.05, 3.63) is 71.9 Å². The van der Waals surface area contributed by atoms with E-state index in [-0.39, 0.29) is 11.5 Å². The van der Waals surface area contributed by atoms with Crippen LogP contribution in [0.15, 0.2) is 71.9 Å². The van der Waals surface area contributed by atoms with Crippen LogP contribution in [0.1, 0.15) is 26.2 Å². The lowest BCUT2D eigenvalue weighted by Gasteiger charge is -2.33. The van der Waals surface area contributed by atoms with Gasteiger partial charge >= 0.3 is 0 Å². The third kappa shape index (κ3) is 2.51. The Balaban J connectivity index is 1.86. The molecule has 0 aromatic rings. The molecule has 0 spiro atoms. The molecule has 0 saturated heterocycles. The van der Waals surface area contributed by atoms with Gasteiger partial charge in [0, 0.05) is 17.4 Å². The van der Waals surface area contributed by atoms with Gasteiger partial charge in [-0.05, 0) is 24.8 Å². The fourth-order valence-corrected chi connectivity index (χ4v) is 3.32. The average molecular weight is 265 g/mol. The molecule has 0 saturated carbocycles. The Kier molecular flexibility index (Phi) is 3.62. The number of allylic oxidation sites excluding steroid dienone is 9. The lowest BCUT2D eigenvalue weighted by molar-refractivity contribution is 0.518. The first-order valence-electron chi connectivity index (χ1n) is 7.55. The van der Waals surface area contributed by atoms with Crippen LogP contribution in [-0.2, 0) is 0 Å². The van der Waals surface area contributed by atoms with E-state index in [4.69, 9.17) is 5.73 Å². The van der Waals surface area contributed by atoms with Crippen LogP contribution >= 0.6 is 0 Å². The van der Waals surface area contributed by atoms with Crippen molar-refractivity contribution < 1.29 is 0 Å². The Morgan fingerprint density at radius 1 is 1.15 bits per heavy atom. The molecule has 0 aromatic heterocycles. The average Bonchev–Trinajstić information content (AvgIpc) is 2.49. The van der Waals surface area contributed by atoms with Gasteiger partial charge in [-0.2, -0.15) is 0 Å². The van der Waals surface area contributed by atoms with E-state index in [1.54, 1.807) is 0 Å². The monoisotopic (exact) mass is 265 g/mol. The van der Waals surface area contributed by atoms with Gasteiger partial charge in [0.05, 0.1) is 0 Å². The molecule has 3 atom stereocenters. The van der Waals surface area contributed by atoms with Crippen molar-refractivity contribution in [3.63, 3.8) is 0 Å². The van der Waals surface area contributed by atoms with Crippen molar-refractivity contribution in [1.82, 2.24) is 0 Å². The fourth-order valence-electron chi connectivity index (χ4n) is 3.32. The predicted molar refractivity (Wildman–Crippen MR) is 86.1 cm³/mol. The SMILES string of the molecule is CC1(C2=CCCC(C3C=CC=CC3N)=C2)C=CC=CC1. The molecule has 0 radical (unpaired) electrons. The van der Waals surface area contributed by atoms with Gasteiger partial charge < -0.3 is 5.73 Å². The van der Waals surface area contributed by atoms with E-state index in [9.17, 15) is 0 Å². The largest absolute Gasteiger partial charge is 0.324 e. The smallest absolute Gasteiger partial charge is 0.0328 e. The van der Waals surface area contributed by atoms with E-state index < -0.39 is 0 Å². The summed E-state index contributed by atoms with van der Waals surface area (Å²) in [6, 6.07) is 0.125. The highest BCUT2D eigenvalue weighted by Gasteiger charge is 2.28. The third-order valence-corrected chi connectivity index (χ3v) is 4.66. The molecular formula is C19H23N. The first-order chi connectivity index (χ1) is 9.69. The van der Waals surface area contributed by atoms with Crippen LogP contribution in [0, 0.1) is 11.3 Å². The molecule has 1 nitrogen and oxygen atoms in total. The summed E-state index contributed by atoms with van der Waals surface area (Å²) in [5.41, 5.74) is 9.33. The first kappa shape index (κ1) is 13.4. The second-order valence-corrected chi connectivity index (χ2v) is 6.20. The van der Waals surface area contributed by atoms with Crippen LogP contribution in [0.25, 0.3) is 0 Å². The van der Waals surface area contributed by atoms with Gasteiger partial charge in [-0.3, -0.25) is 0 Å². The Morgan fingerprint density at radius 2 is 2.00 bits per heavy atom. The van der Waals surface area contributed by atoms with Gasteiger partial charge in [0.15, 0.2) is 0 Å².